The molecule has 4 nitrogen and oxygen atoms in total. The van der Waals surface area contributed by atoms with Crippen LogP contribution < -0.4 is 0 Å². The van der Waals surface area contributed by atoms with Gasteiger partial charge in [-0.1, -0.05) is 0 Å². The lowest BCUT2D eigenvalue weighted by atomic mass is 10.2. The summed E-state index contributed by atoms with van der Waals surface area (Å²) in [5, 5.41) is 8.90. The molecule has 0 saturated carbocycles. The molecule has 0 radical (unpaired) electrons. The second kappa shape index (κ2) is 3.70. The smallest absolute Gasteiger partial charge is 0.163 e. The molecule has 1 rings (SSSR count). The molecule has 1 aliphatic heterocycles. The van der Waals surface area contributed by atoms with Gasteiger partial charge in [0, 0.05) is 7.11 Å². The molecule has 1 aliphatic rings. The molecule has 1 N–H and O–H groups in total. The third-order valence-corrected chi connectivity index (χ3v) is 1.93. The van der Waals surface area contributed by atoms with E-state index in [4.69, 9.17) is 19.3 Å². The van der Waals surface area contributed by atoms with Crippen LogP contribution in [0.3, 0.4) is 0 Å². The maximum absolute atomic E-state index is 8.90. The Balaban J connectivity index is 2.45. The van der Waals surface area contributed by atoms with Crippen molar-refractivity contribution in [3.63, 3.8) is 0 Å². The first kappa shape index (κ1) is 9.92. The van der Waals surface area contributed by atoms with Crippen LogP contribution in [-0.2, 0) is 14.2 Å². The van der Waals surface area contributed by atoms with Crippen LogP contribution in [0.5, 0.6) is 0 Å². The fourth-order valence-electron chi connectivity index (χ4n) is 1.24. The molecule has 1 saturated heterocycles. The third-order valence-electron chi connectivity index (χ3n) is 1.93. The Morgan fingerprint density at radius 1 is 1.67 bits per heavy atom. The van der Waals surface area contributed by atoms with Gasteiger partial charge < -0.3 is 19.3 Å². The normalized spacial score (nSPS) is 30.5. The van der Waals surface area contributed by atoms with E-state index in [1.807, 2.05) is 13.8 Å². The van der Waals surface area contributed by atoms with E-state index in [0.29, 0.717) is 6.61 Å². The molecule has 12 heavy (non-hydrogen) atoms. The predicted molar refractivity (Wildman–Crippen MR) is 42.8 cm³/mol. The molecule has 0 aliphatic carbocycles. The maximum Gasteiger partial charge on any atom is 0.163 e. The summed E-state index contributed by atoms with van der Waals surface area (Å²) in [5.74, 6) is -0.545. The highest BCUT2D eigenvalue weighted by molar-refractivity contribution is 4.77. The van der Waals surface area contributed by atoms with Gasteiger partial charge in [0.25, 0.3) is 0 Å². The first-order valence-electron chi connectivity index (χ1n) is 4.04. The molecule has 0 spiro atoms. The lowest BCUT2D eigenvalue weighted by molar-refractivity contribution is -0.157. The van der Waals surface area contributed by atoms with Gasteiger partial charge in [-0.2, -0.15) is 0 Å². The quantitative estimate of drug-likeness (QED) is 0.664. The summed E-state index contributed by atoms with van der Waals surface area (Å²) in [5.41, 5.74) is 0. The Morgan fingerprint density at radius 2 is 2.33 bits per heavy atom. The van der Waals surface area contributed by atoms with Gasteiger partial charge in [0.2, 0.25) is 0 Å². The van der Waals surface area contributed by atoms with E-state index in [1.54, 1.807) is 7.11 Å². The van der Waals surface area contributed by atoms with Gasteiger partial charge in [0.1, 0.15) is 12.2 Å². The molecule has 1 fully saturated rings. The zero-order valence-corrected chi connectivity index (χ0v) is 7.74. The second-order valence-electron chi connectivity index (χ2n) is 3.32. The number of aliphatic hydroxyl groups excluding tert-OH is 1. The van der Waals surface area contributed by atoms with Crippen molar-refractivity contribution >= 4 is 0 Å². The molecule has 0 amide bonds. The van der Waals surface area contributed by atoms with E-state index in [9.17, 15) is 0 Å². The summed E-state index contributed by atoms with van der Waals surface area (Å²) in [6.07, 6.45) is -0.443. The SMILES string of the molecule is COC(CO)C1COC(C)(C)O1. The van der Waals surface area contributed by atoms with Crippen molar-refractivity contribution < 1.29 is 19.3 Å². The minimum absolute atomic E-state index is 0.0411. The van der Waals surface area contributed by atoms with E-state index in [1.165, 1.54) is 0 Å². The van der Waals surface area contributed by atoms with Gasteiger partial charge >= 0.3 is 0 Å². The van der Waals surface area contributed by atoms with Gasteiger partial charge in [-0.05, 0) is 13.8 Å². The Labute approximate surface area is 72.4 Å². The lowest BCUT2D eigenvalue weighted by Gasteiger charge is -2.21. The highest BCUT2D eigenvalue weighted by Gasteiger charge is 2.37. The van der Waals surface area contributed by atoms with E-state index in [-0.39, 0.29) is 18.8 Å². The van der Waals surface area contributed by atoms with Crippen molar-refractivity contribution in [2.45, 2.75) is 31.8 Å². The maximum atomic E-state index is 8.90. The fraction of sp³-hybridized carbons (Fsp3) is 1.00. The van der Waals surface area contributed by atoms with Crippen LogP contribution in [0, 0.1) is 0 Å². The summed E-state index contributed by atoms with van der Waals surface area (Å²) in [6.45, 7) is 4.13. The third kappa shape index (κ3) is 2.17. The van der Waals surface area contributed by atoms with Gasteiger partial charge in [0.05, 0.1) is 13.2 Å². The number of methoxy groups -OCH3 is 1. The van der Waals surface area contributed by atoms with Crippen molar-refractivity contribution in [3.8, 4) is 0 Å². The average molecular weight is 176 g/mol. The van der Waals surface area contributed by atoms with Crippen LogP contribution in [0.25, 0.3) is 0 Å². The monoisotopic (exact) mass is 176 g/mol. The lowest BCUT2D eigenvalue weighted by Crippen LogP contribution is -2.34. The summed E-state index contributed by atoms with van der Waals surface area (Å²) < 4.78 is 15.8. The molecule has 4 heteroatoms. The van der Waals surface area contributed by atoms with Crippen molar-refractivity contribution in [2.24, 2.45) is 0 Å². The van der Waals surface area contributed by atoms with E-state index >= 15 is 0 Å². The summed E-state index contributed by atoms with van der Waals surface area (Å²) in [6, 6.07) is 0. The zero-order chi connectivity index (χ0) is 9.19. The van der Waals surface area contributed by atoms with Crippen LogP contribution in [0.1, 0.15) is 13.8 Å². The topological polar surface area (TPSA) is 47.9 Å². The van der Waals surface area contributed by atoms with E-state index < -0.39 is 5.79 Å². The summed E-state index contributed by atoms with van der Waals surface area (Å²) in [4.78, 5) is 0. The molecular weight excluding hydrogens is 160 g/mol. The number of hydrogen-bond acceptors (Lipinski definition) is 4. The molecule has 2 atom stereocenters. The summed E-state index contributed by atoms with van der Waals surface area (Å²) >= 11 is 0. The molecule has 0 aromatic heterocycles. The first-order valence-corrected chi connectivity index (χ1v) is 4.04. The molecular formula is C8H16O4. The minimum Gasteiger partial charge on any atom is -0.394 e. The standard InChI is InChI=1S/C8H16O4/c1-8(2)11-5-7(12-8)6(4-9)10-3/h6-7,9H,4-5H2,1-3H3. The average Bonchev–Trinajstić information content (AvgIpc) is 2.34. The number of aliphatic hydroxyl groups is 1. The van der Waals surface area contributed by atoms with E-state index in [2.05, 4.69) is 0 Å². The molecule has 1 heterocycles. The Bertz CT molecular complexity index is 142. The van der Waals surface area contributed by atoms with E-state index in [0.717, 1.165) is 0 Å². The predicted octanol–water partition coefficient (Wildman–Crippen LogP) is 0.145. The first-order chi connectivity index (χ1) is 5.59. The molecule has 0 aromatic rings. The van der Waals surface area contributed by atoms with Crippen LogP contribution in [0.15, 0.2) is 0 Å². The molecule has 72 valence electrons. The highest BCUT2D eigenvalue weighted by atomic mass is 16.7. The van der Waals surface area contributed by atoms with Crippen LogP contribution in [-0.4, -0.2) is 43.4 Å². The van der Waals surface area contributed by atoms with Crippen LogP contribution in [0.4, 0.5) is 0 Å². The van der Waals surface area contributed by atoms with Gasteiger partial charge in [0.15, 0.2) is 5.79 Å². The number of rotatable bonds is 3. The van der Waals surface area contributed by atoms with Crippen molar-refractivity contribution in [2.75, 3.05) is 20.3 Å². The van der Waals surface area contributed by atoms with Crippen LogP contribution >= 0.6 is 0 Å². The van der Waals surface area contributed by atoms with Crippen molar-refractivity contribution in [3.05, 3.63) is 0 Å². The van der Waals surface area contributed by atoms with Crippen molar-refractivity contribution in [1.82, 2.24) is 0 Å². The van der Waals surface area contributed by atoms with Gasteiger partial charge in [-0.25, -0.2) is 0 Å². The Morgan fingerprint density at radius 3 is 2.67 bits per heavy atom. The zero-order valence-electron chi connectivity index (χ0n) is 7.74. The molecule has 2 unspecified atom stereocenters. The number of ether oxygens (including phenoxy) is 3. The fourth-order valence-corrected chi connectivity index (χ4v) is 1.24. The molecule has 0 aromatic carbocycles. The minimum atomic E-state index is -0.545. The van der Waals surface area contributed by atoms with Gasteiger partial charge in [-0.15, -0.1) is 0 Å². The van der Waals surface area contributed by atoms with Crippen molar-refractivity contribution in [1.29, 1.82) is 0 Å². The Kier molecular flexibility index (Phi) is 3.06. The Hall–Kier alpha value is -0.160. The van der Waals surface area contributed by atoms with Crippen LogP contribution in [0.2, 0.25) is 0 Å². The summed E-state index contributed by atoms with van der Waals surface area (Å²) in [7, 11) is 1.55. The molecule has 0 bridgehead atoms. The highest BCUT2D eigenvalue weighted by Crippen LogP contribution is 2.24. The largest absolute Gasteiger partial charge is 0.394 e. The number of hydrogen-bond donors (Lipinski definition) is 1. The second-order valence-corrected chi connectivity index (χ2v) is 3.32. The van der Waals surface area contributed by atoms with Gasteiger partial charge in [-0.3, -0.25) is 0 Å².